The standard InChI is InChI=1S/C27H35N3O3S/c1-29(26(31)13-17-34-3)25(19-22-6-4-8-24(18-22)33-2)23-11-15-30(16-12-23)27(32)10-9-21-7-5-14-28-20-21/h4-10,14,18,20,23,25H,11-13,15-17,19H2,1-3H3/b10-9+/t25-/m0/s1. The maximum Gasteiger partial charge on any atom is 0.246 e. The summed E-state index contributed by atoms with van der Waals surface area (Å²) >= 11 is 1.69. The van der Waals surface area contributed by atoms with Crippen LogP contribution >= 0.6 is 11.8 Å². The average molecular weight is 482 g/mol. The summed E-state index contributed by atoms with van der Waals surface area (Å²) in [5, 5.41) is 0. The maximum absolute atomic E-state index is 12.9. The van der Waals surface area contributed by atoms with Crippen LogP contribution in [0.1, 0.15) is 30.4 Å². The number of hydrogen-bond acceptors (Lipinski definition) is 5. The van der Waals surface area contributed by atoms with E-state index in [0.717, 1.165) is 41.9 Å². The van der Waals surface area contributed by atoms with Gasteiger partial charge in [-0.1, -0.05) is 18.2 Å². The number of nitrogens with zero attached hydrogens (tertiary/aromatic N) is 3. The number of pyridine rings is 1. The zero-order valence-corrected chi connectivity index (χ0v) is 21.2. The van der Waals surface area contributed by atoms with Gasteiger partial charge in [-0.3, -0.25) is 14.6 Å². The van der Waals surface area contributed by atoms with Crippen molar-refractivity contribution in [3.8, 4) is 5.75 Å². The predicted molar refractivity (Wildman–Crippen MR) is 139 cm³/mol. The molecule has 182 valence electrons. The van der Waals surface area contributed by atoms with Gasteiger partial charge < -0.3 is 14.5 Å². The van der Waals surface area contributed by atoms with E-state index in [2.05, 4.69) is 17.1 Å². The smallest absolute Gasteiger partial charge is 0.246 e. The minimum absolute atomic E-state index is 0.0241. The molecule has 6 nitrogen and oxygen atoms in total. The van der Waals surface area contributed by atoms with Crippen LogP contribution in [-0.4, -0.2) is 71.9 Å². The van der Waals surface area contributed by atoms with Crippen molar-refractivity contribution in [2.75, 3.05) is 39.3 Å². The molecule has 1 aliphatic heterocycles. The Balaban J connectivity index is 1.66. The van der Waals surface area contributed by atoms with E-state index in [1.54, 1.807) is 37.3 Å². The lowest BCUT2D eigenvalue weighted by molar-refractivity contribution is -0.134. The van der Waals surface area contributed by atoms with E-state index in [1.165, 1.54) is 0 Å². The van der Waals surface area contributed by atoms with E-state index in [1.807, 2.05) is 53.4 Å². The van der Waals surface area contributed by atoms with Gasteiger partial charge in [-0.15, -0.1) is 0 Å². The normalized spacial score (nSPS) is 15.3. The van der Waals surface area contributed by atoms with E-state index in [0.29, 0.717) is 25.4 Å². The fraction of sp³-hybridized carbons (Fsp3) is 0.444. The number of amides is 2. The maximum atomic E-state index is 12.9. The minimum atomic E-state index is 0.0241. The highest BCUT2D eigenvalue weighted by molar-refractivity contribution is 7.98. The molecule has 0 bridgehead atoms. The van der Waals surface area contributed by atoms with Crippen LogP contribution in [0.5, 0.6) is 5.75 Å². The van der Waals surface area contributed by atoms with Crippen molar-refractivity contribution in [1.82, 2.24) is 14.8 Å². The first kappa shape index (κ1) is 25.8. The van der Waals surface area contributed by atoms with Gasteiger partial charge in [0.25, 0.3) is 0 Å². The van der Waals surface area contributed by atoms with Gasteiger partial charge in [-0.2, -0.15) is 11.8 Å². The lowest BCUT2D eigenvalue weighted by atomic mass is 9.84. The van der Waals surface area contributed by atoms with Gasteiger partial charge in [0.2, 0.25) is 11.8 Å². The van der Waals surface area contributed by atoms with Crippen molar-refractivity contribution in [1.29, 1.82) is 0 Å². The molecule has 0 spiro atoms. The van der Waals surface area contributed by atoms with Gasteiger partial charge in [0, 0.05) is 56.8 Å². The number of hydrogen-bond donors (Lipinski definition) is 0. The molecule has 1 aromatic heterocycles. The Morgan fingerprint density at radius 1 is 1.26 bits per heavy atom. The highest BCUT2D eigenvalue weighted by Crippen LogP contribution is 2.28. The van der Waals surface area contributed by atoms with Gasteiger partial charge in [0.05, 0.1) is 7.11 Å². The number of likely N-dealkylation sites (N-methyl/N-ethyl adjacent to an activating group) is 1. The molecule has 0 radical (unpaired) electrons. The molecule has 34 heavy (non-hydrogen) atoms. The summed E-state index contributed by atoms with van der Waals surface area (Å²) in [4.78, 5) is 33.5. The monoisotopic (exact) mass is 481 g/mol. The SMILES string of the molecule is COc1cccc(C[C@@H](C2CCN(C(=O)/C=C/c3cccnc3)CC2)N(C)C(=O)CCSC)c1. The molecule has 0 saturated carbocycles. The molecule has 7 heteroatoms. The van der Waals surface area contributed by atoms with E-state index in [4.69, 9.17) is 4.74 Å². The molecule has 1 aromatic carbocycles. The molecular formula is C27H35N3O3S. The second kappa shape index (κ2) is 13.2. The molecule has 2 aromatic rings. The number of methoxy groups -OCH3 is 1. The Morgan fingerprint density at radius 3 is 2.74 bits per heavy atom. The third-order valence-electron chi connectivity index (χ3n) is 6.49. The van der Waals surface area contributed by atoms with Gasteiger partial charge in [0.15, 0.2) is 0 Å². The summed E-state index contributed by atoms with van der Waals surface area (Å²) < 4.78 is 5.40. The topological polar surface area (TPSA) is 62.7 Å². The minimum Gasteiger partial charge on any atom is -0.497 e. The molecule has 0 unspecified atom stereocenters. The van der Waals surface area contributed by atoms with Crippen molar-refractivity contribution >= 4 is 29.7 Å². The first-order chi connectivity index (χ1) is 16.5. The fourth-order valence-electron chi connectivity index (χ4n) is 4.46. The van der Waals surface area contributed by atoms with Crippen molar-refractivity contribution in [2.24, 2.45) is 5.92 Å². The van der Waals surface area contributed by atoms with Crippen LogP contribution in [0.3, 0.4) is 0 Å². The van der Waals surface area contributed by atoms with Crippen LogP contribution < -0.4 is 4.74 Å². The Hall–Kier alpha value is -2.80. The van der Waals surface area contributed by atoms with Crippen LogP contribution in [0.25, 0.3) is 6.08 Å². The first-order valence-electron chi connectivity index (χ1n) is 11.8. The summed E-state index contributed by atoms with van der Waals surface area (Å²) in [6, 6.07) is 12.0. The highest BCUT2D eigenvalue weighted by atomic mass is 32.2. The zero-order chi connectivity index (χ0) is 24.3. The molecule has 0 aliphatic carbocycles. The predicted octanol–water partition coefficient (Wildman–Crippen LogP) is 4.16. The van der Waals surface area contributed by atoms with E-state index < -0.39 is 0 Å². The Morgan fingerprint density at radius 2 is 2.06 bits per heavy atom. The first-order valence-corrected chi connectivity index (χ1v) is 13.2. The number of rotatable bonds is 10. The molecule has 3 rings (SSSR count). The van der Waals surface area contributed by atoms with Gasteiger partial charge >= 0.3 is 0 Å². The Labute approximate surface area is 207 Å². The third kappa shape index (κ3) is 7.35. The summed E-state index contributed by atoms with van der Waals surface area (Å²) in [6.07, 6.45) is 12.0. The Kier molecular flexibility index (Phi) is 10.0. The molecular weight excluding hydrogens is 446 g/mol. The van der Waals surface area contributed by atoms with Gasteiger partial charge in [0.1, 0.15) is 5.75 Å². The van der Waals surface area contributed by atoms with Gasteiger partial charge in [-0.05, 0) is 66.8 Å². The molecule has 1 fully saturated rings. The summed E-state index contributed by atoms with van der Waals surface area (Å²) in [6.45, 7) is 1.39. The summed E-state index contributed by atoms with van der Waals surface area (Å²) in [5.74, 6) is 2.19. The molecule has 0 N–H and O–H groups in total. The van der Waals surface area contributed by atoms with Crippen molar-refractivity contribution in [2.45, 2.75) is 31.7 Å². The third-order valence-corrected chi connectivity index (χ3v) is 7.10. The number of benzene rings is 1. The summed E-state index contributed by atoms with van der Waals surface area (Å²) in [5.41, 5.74) is 2.07. The summed E-state index contributed by atoms with van der Waals surface area (Å²) in [7, 11) is 3.60. The van der Waals surface area contributed by atoms with Crippen LogP contribution in [0.15, 0.2) is 54.9 Å². The quantitative estimate of drug-likeness (QED) is 0.477. The van der Waals surface area contributed by atoms with Crippen LogP contribution in [0.2, 0.25) is 0 Å². The fourth-order valence-corrected chi connectivity index (χ4v) is 4.84. The van der Waals surface area contributed by atoms with Crippen LogP contribution in [0, 0.1) is 5.92 Å². The number of carbonyl (C=O) groups excluding carboxylic acids is 2. The van der Waals surface area contributed by atoms with Crippen LogP contribution in [-0.2, 0) is 16.0 Å². The molecule has 2 amide bonds. The second-order valence-corrected chi connectivity index (χ2v) is 9.64. The number of aromatic nitrogens is 1. The molecule has 1 saturated heterocycles. The van der Waals surface area contributed by atoms with E-state index in [-0.39, 0.29) is 17.9 Å². The molecule has 1 atom stereocenters. The number of piperidine rings is 1. The van der Waals surface area contributed by atoms with Crippen LogP contribution in [0.4, 0.5) is 0 Å². The van der Waals surface area contributed by atoms with E-state index in [9.17, 15) is 9.59 Å². The molecule has 1 aliphatic rings. The number of likely N-dealkylation sites (tertiary alicyclic amines) is 1. The highest BCUT2D eigenvalue weighted by Gasteiger charge is 2.32. The van der Waals surface area contributed by atoms with Gasteiger partial charge in [-0.25, -0.2) is 0 Å². The van der Waals surface area contributed by atoms with Crippen molar-refractivity contribution in [3.63, 3.8) is 0 Å². The lowest BCUT2D eigenvalue weighted by Crippen LogP contribution is -2.48. The van der Waals surface area contributed by atoms with Crippen molar-refractivity contribution in [3.05, 3.63) is 66.0 Å². The number of thioether (sulfide) groups is 1. The number of ether oxygens (including phenoxy) is 1. The largest absolute Gasteiger partial charge is 0.497 e. The number of carbonyl (C=O) groups is 2. The average Bonchev–Trinajstić information content (AvgIpc) is 2.89. The lowest BCUT2D eigenvalue weighted by Gasteiger charge is -2.40. The zero-order valence-electron chi connectivity index (χ0n) is 20.4. The van der Waals surface area contributed by atoms with Crippen molar-refractivity contribution < 1.29 is 14.3 Å². The Bertz CT molecular complexity index is 959. The van der Waals surface area contributed by atoms with E-state index >= 15 is 0 Å². The molecule has 2 heterocycles. The second-order valence-electron chi connectivity index (χ2n) is 8.65.